The van der Waals surface area contributed by atoms with E-state index in [0.29, 0.717) is 30.9 Å². The number of sulfonamides is 1. The van der Waals surface area contributed by atoms with Crippen molar-refractivity contribution in [1.29, 1.82) is 0 Å². The van der Waals surface area contributed by atoms with Crippen molar-refractivity contribution < 1.29 is 18.3 Å². The van der Waals surface area contributed by atoms with Crippen LogP contribution in [0.3, 0.4) is 0 Å². The topological polar surface area (TPSA) is 116 Å². The monoisotopic (exact) mass is 480 g/mol. The molecule has 0 unspecified atom stereocenters. The molecule has 0 saturated heterocycles. The molecule has 0 bridgehead atoms. The normalized spacial score (nSPS) is 12.6. The maximum Gasteiger partial charge on any atom is 0.229 e. The molecule has 34 heavy (non-hydrogen) atoms. The third kappa shape index (κ3) is 5.93. The lowest BCUT2D eigenvalue weighted by Crippen LogP contribution is -2.26. The van der Waals surface area contributed by atoms with Gasteiger partial charge in [-0.05, 0) is 54.4 Å². The average molecular weight is 481 g/mol. The molecule has 178 valence electrons. The highest BCUT2D eigenvalue weighted by atomic mass is 32.2. The van der Waals surface area contributed by atoms with E-state index >= 15 is 0 Å². The molecule has 0 saturated carbocycles. The first-order chi connectivity index (χ1) is 16.3. The van der Waals surface area contributed by atoms with E-state index in [2.05, 4.69) is 26.9 Å². The number of aliphatic hydroxyl groups excluding tert-OH is 1. The molecule has 0 radical (unpaired) electrons. The van der Waals surface area contributed by atoms with Crippen LogP contribution in [-0.2, 0) is 10.0 Å². The van der Waals surface area contributed by atoms with Crippen LogP contribution in [0.5, 0.6) is 5.75 Å². The molecule has 8 nitrogen and oxygen atoms in total. The number of H-pyrrole nitrogens is 1. The Morgan fingerprint density at radius 3 is 2.76 bits per heavy atom. The maximum absolute atomic E-state index is 11.4. The smallest absolute Gasteiger partial charge is 0.229 e. The summed E-state index contributed by atoms with van der Waals surface area (Å²) in [5, 5.41) is 14.7. The van der Waals surface area contributed by atoms with Crippen molar-refractivity contribution in [2.24, 2.45) is 0 Å². The van der Waals surface area contributed by atoms with Gasteiger partial charge in [0.25, 0.3) is 0 Å². The van der Waals surface area contributed by atoms with E-state index in [4.69, 9.17) is 4.74 Å². The Bertz CT molecular complexity index is 1370. The lowest BCUT2D eigenvalue weighted by Gasteiger charge is -2.14. The number of rotatable bonds is 10. The first-order valence-corrected chi connectivity index (χ1v) is 12.8. The predicted molar refractivity (Wildman–Crippen MR) is 134 cm³/mol. The highest BCUT2D eigenvalue weighted by Crippen LogP contribution is 2.31. The molecule has 9 heteroatoms. The second kappa shape index (κ2) is 10.3. The summed E-state index contributed by atoms with van der Waals surface area (Å²) in [6.07, 6.45) is 3.92. The van der Waals surface area contributed by atoms with Gasteiger partial charge in [0.1, 0.15) is 12.4 Å². The summed E-state index contributed by atoms with van der Waals surface area (Å²) in [6, 6.07) is 16.6. The minimum Gasteiger partial charge on any atom is -0.492 e. The van der Waals surface area contributed by atoms with Crippen molar-refractivity contribution in [2.45, 2.75) is 13.0 Å². The standard InChI is InChI=1S/C25H28N4O4S/c1-17-22-9-8-21(14-23(22)28-25(17)19-6-4-10-26-15-19)33-12-11-27-16-24(30)18-5-3-7-20(13-18)29-34(2,31)32/h3-10,13-15,24,27-30H,11-12,16H2,1-2H3/t24-/m0/s1. The Kier molecular flexibility index (Phi) is 7.16. The number of nitrogens with zero attached hydrogens (tertiary/aromatic N) is 1. The van der Waals surface area contributed by atoms with Crippen LogP contribution in [0, 0.1) is 6.92 Å². The van der Waals surface area contributed by atoms with Crippen LogP contribution in [0.1, 0.15) is 17.2 Å². The molecular formula is C25H28N4O4S. The summed E-state index contributed by atoms with van der Waals surface area (Å²) in [4.78, 5) is 7.66. The van der Waals surface area contributed by atoms with E-state index in [1.807, 2.05) is 36.5 Å². The molecule has 4 N–H and O–H groups in total. The predicted octanol–water partition coefficient (Wildman–Crippen LogP) is 3.61. The second-order valence-corrected chi connectivity index (χ2v) is 9.89. The Morgan fingerprint density at radius 2 is 2.00 bits per heavy atom. The fourth-order valence-electron chi connectivity index (χ4n) is 3.83. The van der Waals surface area contributed by atoms with Crippen LogP contribution in [0.2, 0.25) is 0 Å². The number of aliphatic hydroxyl groups is 1. The van der Waals surface area contributed by atoms with Gasteiger partial charge in [-0.25, -0.2) is 8.42 Å². The number of aromatic nitrogens is 2. The maximum atomic E-state index is 11.4. The molecule has 0 spiro atoms. The van der Waals surface area contributed by atoms with Crippen LogP contribution in [0.4, 0.5) is 5.69 Å². The number of fused-ring (bicyclic) bond motifs is 1. The zero-order chi connectivity index (χ0) is 24.1. The van der Waals surface area contributed by atoms with Gasteiger partial charge in [0, 0.05) is 53.7 Å². The number of hydrogen-bond acceptors (Lipinski definition) is 6. The first kappa shape index (κ1) is 23.7. The summed E-state index contributed by atoms with van der Waals surface area (Å²) in [5.74, 6) is 0.758. The van der Waals surface area contributed by atoms with Crippen LogP contribution in [0.25, 0.3) is 22.2 Å². The number of benzene rings is 2. The van der Waals surface area contributed by atoms with Crippen LogP contribution in [0.15, 0.2) is 67.0 Å². The molecule has 4 rings (SSSR count). The number of ether oxygens (including phenoxy) is 1. The van der Waals surface area contributed by atoms with Gasteiger partial charge in [-0.3, -0.25) is 9.71 Å². The Hall–Kier alpha value is -3.40. The van der Waals surface area contributed by atoms with Gasteiger partial charge in [-0.2, -0.15) is 0 Å². The van der Waals surface area contributed by atoms with Crippen molar-refractivity contribution in [2.75, 3.05) is 30.7 Å². The molecule has 2 aromatic carbocycles. The third-order valence-electron chi connectivity index (χ3n) is 5.44. The van der Waals surface area contributed by atoms with Crippen molar-refractivity contribution in [3.8, 4) is 17.0 Å². The largest absolute Gasteiger partial charge is 0.492 e. The summed E-state index contributed by atoms with van der Waals surface area (Å²) >= 11 is 0. The quantitative estimate of drug-likeness (QED) is 0.258. The Balaban J connectivity index is 1.29. The number of hydrogen-bond donors (Lipinski definition) is 4. The number of anilines is 1. The lowest BCUT2D eigenvalue weighted by atomic mass is 10.1. The number of aryl methyl sites for hydroxylation is 1. The van der Waals surface area contributed by atoms with E-state index in [1.165, 1.54) is 5.56 Å². The molecule has 0 aliphatic carbocycles. The van der Waals surface area contributed by atoms with Crippen LogP contribution in [-0.4, -0.2) is 49.4 Å². The van der Waals surface area contributed by atoms with Gasteiger partial charge < -0.3 is 20.1 Å². The van der Waals surface area contributed by atoms with E-state index in [1.54, 1.807) is 30.5 Å². The van der Waals surface area contributed by atoms with Gasteiger partial charge in [0.15, 0.2) is 0 Å². The molecule has 2 heterocycles. The van der Waals surface area contributed by atoms with Crippen molar-refractivity contribution in [3.05, 3.63) is 78.1 Å². The van der Waals surface area contributed by atoms with Gasteiger partial charge in [-0.15, -0.1) is 0 Å². The number of pyridine rings is 1. The zero-order valence-electron chi connectivity index (χ0n) is 19.1. The van der Waals surface area contributed by atoms with Crippen LogP contribution >= 0.6 is 0 Å². The molecule has 0 fully saturated rings. The summed E-state index contributed by atoms with van der Waals surface area (Å²) in [7, 11) is -3.37. The molecule has 4 aromatic rings. The fourth-order valence-corrected chi connectivity index (χ4v) is 4.38. The fraction of sp³-hybridized carbons (Fsp3) is 0.240. The first-order valence-electron chi connectivity index (χ1n) is 10.9. The van der Waals surface area contributed by atoms with E-state index in [0.717, 1.165) is 34.2 Å². The lowest BCUT2D eigenvalue weighted by molar-refractivity contribution is 0.172. The summed E-state index contributed by atoms with van der Waals surface area (Å²) in [6.45, 7) is 3.38. The van der Waals surface area contributed by atoms with Crippen LogP contribution < -0.4 is 14.8 Å². The van der Waals surface area contributed by atoms with Gasteiger partial charge in [0.05, 0.1) is 18.1 Å². The highest BCUT2D eigenvalue weighted by molar-refractivity contribution is 7.92. The third-order valence-corrected chi connectivity index (χ3v) is 6.05. The van der Waals surface area contributed by atoms with E-state index < -0.39 is 16.1 Å². The van der Waals surface area contributed by atoms with Crippen molar-refractivity contribution >= 4 is 26.6 Å². The SMILES string of the molecule is Cc1c(-c2cccnc2)[nH]c2cc(OCCNC[C@H](O)c3cccc(NS(C)(=O)=O)c3)ccc12. The Labute approximate surface area is 199 Å². The molecule has 1 atom stereocenters. The minimum atomic E-state index is -3.37. The van der Waals surface area contributed by atoms with E-state index in [-0.39, 0.29) is 0 Å². The second-order valence-electron chi connectivity index (χ2n) is 8.14. The van der Waals surface area contributed by atoms with E-state index in [9.17, 15) is 13.5 Å². The van der Waals surface area contributed by atoms with Gasteiger partial charge in [-0.1, -0.05) is 12.1 Å². The Morgan fingerprint density at radius 1 is 1.15 bits per heavy atom. The van der Waals surface area contributed by atoms with Gasteiger partial charge in [0.2, 0.25) is 10.0 Å². The molecule has 0 aliphatic rings. The summed E-state index contributed by atoms with van der Waals surface area (Å²) in [5.41, 5.74) is 5.30. The number of nitrogens with one attached hydrogen (secondary N) is 3. The molecule has 2 aromatic heterocycles. The van der Waals surface area contributed by atoms with Crippen molar-refractivity contribution in [1.82, 2.24) is 15.3 Å². The molecule has 0 amide bonds. The zero-order valence-corrected chi connectivity index (χ0v) is 19.9. The minimum absolute atomic E-state index is 0.315. The average Bonchev–Trinajstić information content (AvgIpc) is 3.14. The number of aromatic amines is 1. The molecule has 0 aliphatic heterocycles. The summed E-state index contributed by atoms with van der Waals surface area (Å²) < 4.78 is 31.1. The van der Waals surface area contributed by atoms with Crippen molar-refractivity contribution in [3.63, 3.8) is 0 Å². The molecular weight excluding hydrogens is 452 g/mol. The highest BCUT2D eigenvalue weighted by Gasteiger charge is 2.11. The van der Waals surface area contributed by atoms with Gasteiger partial charge >= 0.3 is 0 Å².